The zero-order valence-electron chi connectivity index (χ0n) is 17.4. The quantitative estimate of drug-likeness (QED) is 0.568. The number of benzene rings is 3. The van der Waals surface area contributed by atoms with Crippen LogP contribution in [0.4, 0.5) is 4.79 Å². The molecule has 1 aliphatic rings. The van der Waals surface area contributed by atoms with Gasteiger partial charge in [0.25, 0.3) is 0 Å². The molecular weight excluding hydrogens is 390 g/mol. The first-order valence-electron chi connectivity index (χ1n) is 10.5. The summed E-state index contributed by atoms with van der Waals surface area (Å²) < 4.78 is 10.7. The molecule has 3 aromatic carbocycles. The lowest BCUT2D eigenvalue weighted by Gasteiger charge is -2.19. The van der Waals surface area contributed by atoms with Crippen molar-refractivity contribution >= 4 is 12.1 Å². The van der Waals surface area contributed by atoms with E-state index in [0.29, 0.717) is 6.42 Å². The Morgan fingerprint density at radius 3 is 2.03 bits per heavy atom. The van der Waals surface area contributed by atoms with Gasteiger partial charge in [-0.2, -0.15) is 0 Å². The summed E-state index contributed by atoms with van der Waals surface area (Å²) >= 11 is 0. The van der Waals surface area contributed by atoms with Crippen molar-refractivity contribution in [2.24, 2.45) is 0 Å². The van der Waals surface area contributed by atoms with E-state index < -0.39 is 18.1 Å². The van der Waals surface area contributed by atoms with Crippen molar-refractivity contribution in [3.05, 3.63) is 95.6 Å². The minimum atomic E-state index is -0.807. The number of alkyl carbamates (subject to hydrolysis) is 1. The van der Waals surface area contributed by atoms with Gasteiger partial charge in [0.15, 0.2) is 0 Å². The average Bonchev–Trinajstić information content (AvgIpc) is 3.12. The summed E-state index contributed by atoms with van der Waals surface area (Å²) in [5.74, 6) is -0.506. The predicted octanol–water partition coefficient (Wildman–Crippen LogP) is 4.70. The number of carbonyl (C=O) groups is 2. The highest BCUT2D eigenvalue weighted by Gasteiger charge is 2.30. The van der Waals surface area contributed by atoms with Crippen molar-refractivity contribution in [3.8, 4) is 11.1 Å². The molecule has 4 rings (SSSR count). The summed E-state index contributed by atoms with van der Waals surface area (Å²) in [6, 6.07) is 25.0. The third kappa shape index (κ3) is 4.61. The maximum Gasteiger partial charge on any atom is 0.407 e. The third-order valence-corrected chi connectivity index (χ3v) is 5.49. The second-order valence-corrected chi connectivity index (χ2v) is 7.46. The fourth-order valence-electron chi connectivity index (χ4n) is 4.07. The molecule has 0 heterocycles. The molecule has 5 heteroatoms. The van der Waals surface area contributed by atoms with Crippen molar-refractivity contribution in [2.45, 2.75) is 25.3 Å². The van der Waals surface area contributed by atoms with E-state index in [2.05, 4.69) is 29.6 Å². The van der Waals surface area contributed by atoms with Crippen LogP contribution >= 0.6 is 0 Å². The van der Waals surface area contributed by atoms with Crippen LogP contribution in [0.15, 0.2) is 78.9 Å². The van der Waals surface area contributed by atoms with Crippen LogP contribution in [0.3, 0.4) is 0 Å². The molecule has 0 aromatic heterocycles. The fourth-order valence-corrected chi connectivity index (χ4v) is 4.07. The van der Waals surface area contributed by atoms with E-state index in [-0.39, 0.29) is 19.1 Å². The molecule has 0 aliphatic heterocycles. The summed E-state index contributed by atoms with van der Waals surface area (Å²) in [5, 5.41) is 2.69. The number of ether oxygens (including phenoxy) is 2. The van der Waals surface area contributed by atoms with E-state index in [0.717, 1.165) is 16.7 Å². The first-order valence-corrected chi connectivity index (χ1v) is 10.5. The van der Waals surface area contributed by atoms with Gasteiger partial charge < -0.3 is 14.8 Å². The average molecular weight is 415 g/mol. The van der Waals surface area contributed by atoms with Crippen LogP contribution in [0, 0.1) is 0 Å². The standard InChI is InChI=1S/C26H25NO4/c1-2-30-25(28)24(16-18-10-4-3-5-11-18)27-26(29)31-17-23-21-14-8-6-12-19(21)20-13-7-9-15-22(20)23/h3-15,23-24H,2,16-17H2,1H3,(H,27,29)/t24-/m1/s1. The van der Waals surface area contributed by atoms with Gasteiger partial charge in [-0.15, -0.1) is 0 Å². The van der Waals surface area contributed by atoms with Gasteiger partial charge in [-0.05, 0) is 34.7 Å². The van der Waals surface area contributed by atoms with Gasteiger partial charge in [0.1, 0.15) is 12.6 Å². The minimum absolute atomic E-state index is 0.0340. The molecule has 1 aliphatic carbocycles. The number of carbonyl (C=O) groups excluding carboxylic acids is 2. The second-order valence-electron chi connectivity index (χ2n) is 7.46. The summed E-state index contributed by atoms with van der Waals surface area (Å²) in [7, 11) is 0. The van der Waals surface area contributed by atoms with Crippen molar-refractivity contribution in [1.29, 1.82) is 0 Å². The van der Waals surface area contributed by atoms with E-state index in [1.807, 2.05) is 54.6 Å². The molecule has 1 amide bonds. The Morgan fingerprint density at radius 1 is 0.839 bits per heavy atom. The van der Waals surface area contributed by atoms with Crippen LogP contribution in [0.25, 0.3) is 11.1 Å². The monoisotopic (exact) mass is 415 g/mol. The van der Waals surface area contributed by atoms with Gasteiger partial charge in [0, 0.05) is 12.3 Å². The van der Waals surface area contributed by atoms with Gasteiger partial charge in [-0.3, -0.25) is 0 Å². The van der Waals surface area contributed by atoms with Crippen molar-refractivity contribution in [3.63, 3.8) is 0 Å². The van der Waals surface area contributed by atoms with Crippen LogP contribution in [-0.2, 0) is 20.7 Å². The summed E-state index contributed by atoms with van der Waals surface area (Å²) in [6.45, 7) is 2.18. The summed E-state index contributed by atoms with van der Waals surface area (Å²) in [6.07, 6.45) is -0.292. The molecule has 5 nitrogen and oxygen atoms in total. The summed E-state index contributed by atoms with van der Waals surface area (Å²) in [4.78, 5) is 25.0. The Kier molecular flexibility index (Phi) is 6.32. The molecule has 158 valence electrons. The van der Waals surface area contributed by atoms with Gasteiger partial charge in [0.2, 0.25) is 0 Å². The first kappa shape index (κ1) is 20.7. The normalized spacial score (nSPS) is 13.1. The maximum atomic E-state index is 12.6. The molecule has 0 fully saturated rings. The fraction of sp³-hybridized carbons (Fsp3) is 0.231. The van der Waals surface area contributed by atoms with Crippen LogP contribution in [-0.4, -0.2) is 31.3 Å². The number of amides is 1. The largest absolute Gasteiger partial charge is 0.464 e. The lowest BCUT2D eigenvalue weighted by Crippen LogP contribution is -2.44. The zero-order chi connectivity index (χ0) is 21.6. The van der Waals surface area contributed by atoms with E-state index >= 15 is 0 Å². The number of hydrogen-bond donors (Lipinski definition) is 1. The zero-order valence-corrected chi connectivity index (χ0v) is 17.4. The lowest BCUT2D eigenvalue weighted by molar-refractivity contribution is -0.145. The van der Waals surface area contributed by atoms with Crippen LogP contribution in [0.5, 0.6) is 0 Å². The number of hydrogen-bond acceptors (Lipinski definition) is 4. The topological polar surface area (TPSA) is 64.6 Å². The molecule has 0 bridgehead atoms. The van der Waals surface area contributed by atoms with Crippen LogP contribution < -0.4 is 5.32 Å². The van der Waals surface area contributed by atoms with Crippen molar-refractivity contribution in [1.82, 2.24) is 5.32 Å². The molecular formula is C26H25NO4. The van der Waals surface area contributed by atoms with E-state index in [9.17, 15) is 9.59 Å². The minimum Gasteiger partial charge on any atom is -0.464 e. The molecule has 0 unspecified atom stereocenters. The first-order chi connectivity index (χ1) is 15.2. The Labute approximate surface area is 182 Å². The number of esters is 1. The SMILES string of the molecule is CCOC(=O)[C@@H](Cc1ccccc1)NC(=O)OCC1c2ccccc2-c2ccccc21. The molecule has 3 aromatic rings. The number of nitrogens with one attached hydrogen (secondary N) is 1. The third-order valence-electron chi connectivity index (χ3n) is 5.49. The maximum absolute atomic E-state index is 12.6. The molecule has 1 atom stereocenters. The molecule has 0 saturated carbocycles. The Morgan fingerprint density at radius 2 is 1.42 bits per heavy atom. The Balaban J connectivity index is 1.44. The molecule has 1 N–H and O–H groups in total. The Hall–Kier alpha value is -3.60. The molecule has 31 heavy (non-hydrogen) atoms. The predicted molar refractivity (Wildman–Crippen MR) is 119 cm³/mol. The molecule has 0 saturated heterocycles. The van der Waals surface area contributed by atoms with Gasteiger partial charge in [-0.1, -0.05) is 78.9 Å². The second kappa shape index (κ2) is 9.47. The van der Waals surface area contributed by atoms with Crippen LogP contribution in [0.2, 0.25) is 0 Å². The van der Waals surface area contributed by atoms with Crippen molar-refractivity contribution < 1.29 is 19.1 Å². The van der Waals surface area contributed by atoms with E-state index in [4.69, 9.17) is 9.47 Å². The Bertz CT molecular complexity index is 1020. The van der Waals surface area contributed by atoms with E-state index in [1.54, 1.807) is 6.92 Å². The van der Waals surface area contributed by atoms with Crippen molar-refractivity contribution in [2.75, 3.05) is 13.2 Å². The number of fused-ring (bicyclic) bond motifs is 3. The van der Waals surface area contributed by atoms with Gasteiger partial charge >= 0.3 is 12.1 Å². The van der Waals surface area contributed by atoms with E-state index in [1.165, 1.54) is 11.1 Å². The van der Waals surface area contributed by atoms with Gasteiger partial charge in [0.05, 0.1) is 6.61 Å². The van der Waals surface area contributed by atoms with Gasteiger partial charge in [-0.25, -0.2) is 9.59 Å². The number of rotatable bonds is 7. The molecule has 0 spiro atoms. The van der Waals surface area contributed by atoms with Crippen LogP contribution in [0.1, 0.15) is 29.5 Å². The summed E-state index contributed by atoms with van der Waals surface area (Å²) in [5.41, 5.74) is 5.55. The highest BCUT2D eigenvalue weighted by molar-refractivity contribution is 5.82. The highest BCUT2D eigenvalue weighted by Crippen LogP contribution is 2.44. The lowest BCUT2D eigenvalue weighted by atomic mass is 9.98. The molecule has 0 radical (unpaired) electrons. The smallest absolute Gasteiger partial charge is 0.407 e. The highest BCUT2D eigenvalue weighted by atomic mass is 16.6.